The van der Waals surface area contributed by atoms with Crippen LogP contribution in [0.5, 0.6) is 0 Å². The Kier molecular flexibility index (Phi) is 6.39. The second-order valence-electron chi connectivity index (χ2n) is 7.45. The van der Waals surface area contributed by atoms with E-state index in [9.17, 15) is 35.9 Å². The van der Waals surface area contributed by atoms with Gasteiger partial charge >= 0.3 is 23.7 Å². The van der Waals surface area contributed by atoms with E-state index in [1.807, 2.05) is 0 Å². The molecule has 0 saturated heterocycles. The molecule has 3 aromatic rings. The van der Waals surface area contributed by atoms with Gasteiger partial charge in [-0.05, 0) is 49.7 Å². The molecule has 0 fully saturated rings. The van der Waals surface area contributed by atoms with E-state index >= 15 is 0 Å². The van der Waals surface area contributed by atoms with Gasteiger partial charge in [-0.15, -0.1) is 0 Å². The maximum Gasteiger partial charge on any atom is 0.416 e. The summed E-state index contributed by atoms with van der Waals surface area (Å²) in [6.45, 7) is 2.67. The second kappa shape index (κ2) is 8.75. The van der Waals surface area contributed by atoms with Crippen LogP contribution in [-0.4, -0.2) is 14.1 Å². The van der Waals surface area contributed by atoms with Gasteiger partial charge in [-0.25, -0.2) is 14.2 Å². The molecular weight excluding hydrogens is 454 g/mol. The van der Waals surface area contributed by atoms with Crippen molar-refractivity contribution in [3.63, 3.8) is 0 Å². The summed E-state index contributed by atoms with van der Waals surface area (Å²) in [5.41, 5.74) is -3.78. The smallest absolute Gasteiger partial charge is 0.325 e. The maximum absolute atomic E-state index is 13.1. The highest BCUT2D eigenvalue weighted by Crippen LogP contribution is 2.32. The Labute approximate surface area is 183 Å². The van der Waals surface area contributed by atoms with Crippen LogP contribution >= 0.6 is 0 Å². The second-order valence-corrected chi connectivity index (χ2v) is 7.45. The first-order valence-electron chi connectivity index (χ1n) is 9.61. The molecular formula is C21H18F6N4O2. The summed E-state index contributed by atoms with van der Waals surface area (Å²) in [5.74, 6) is -0.404. The van der Waals surface area contributed by atoms with Crippen LogP contribution in [0.4, 0.5) is 38.0 Å². The lowest BCUT2D eigenvalue weighted by Gasteiger charge is -2.18. The minimum absolute atomic E-state index is 0.0785. The molecule has 0 amide bonds. The van der Waals surface area contributed by atoms with Crippen molar-refractivity contribution in [1.29, 1.82) is 0 Å². The van der Waals surface area contributed by atoms with E-state index in [0.29, 0.717) is 0 Å². The first-order chi connectivity index (χ1) is 15.3. The SMILES string of the molecule is CC(C)n1c(=O)nc(Nc2cccc(C(F)(F)F)c2)n(Cc2cccc(C(F)(F)F)c2)c1=O. The Balaban J connectivity index is 2.12. The van der Waals surface area contributed by atoms with Crippen molar-refractivity contribution in [3.05, 3.63) is 86.2 Å². The third-order valence-corrected chi connectivity index (χ3v) is 4.66. The topological polar surface area (TPSA) is 68.9 Å². The number of aromatic nitrogens is 3. The molecule has 0 atom stereocenters. The lowest BCUT2D eigenvalue weighted by molar-refractivity contribution is -0.138. The van der Waals surface area contributed by atoms with Gasteiger partial charge in [-0.1, -0.05) is 18.2 Å². The molecule has 0 aliphatic heterocycles. The fourth-order valence-corrected chi connectivity index (χ4v) is 3.12. The molecule has 3 rings (SSSR count). The zero-order valence-corrected chi connectivity index (χ0v) is 17.3. The molecule has 0 aliphatic rings. The highest BCUT2D eigenvalue weighted by atomic mass is 19.4. The normalized spacial score (nSPS) is 12.3. The number of nitrogens with one attached hydrogen (secondary N) is 1. The van der Waals surface area contributed by atoms with Crippen molar-refractivity contribution in [2.45, 2.75) is 38.8 Å². The number of hydrogen-bond acceptors (Lipinski definition) is 4. The minimum Gasteiger partial charge on any atom is -0.325 e. The number of rotatable bonds is 5. The van der Waals surface area contributed by atoms with Gasteiger partial charge in [0.25, 0.3) is 0 Å². The summed E-state index contributed by atoms with van der Waals surface area (Å²) in [5, 5.41) is 2.51. The van der Waals surface area contributed by atoms with Crippen LogP contribution in [0.1, 0.15) is 36.6 Å². The molecule has 2 aromatic carbocycles. The lowest BCUT2D eigenvalue weighted by atomic mass is 10.1. The Morgan fingerprint density at radius 1 is 0.909 bits per heavy atom. The maximum atomic E-state index is 13.1. The molecule has 33 heavy (non-hydrogen) atoms. The van der Waals surface area contributed by atoms with E-state index in [0.717, 1.165) is 45.5 Å². The first kappa shape index (κ1) is 24.1. The van der Waals surface area contributed by atoms with E-state index in [2.05, 4.69) is 10.3 Å². The molecule has 12 heteroatoms. The van der Waals surface area contributed by atoms with Gasteiger partial charge in [0.2, 0.25) is 5.95 Å². The van der Waals surface area contributed by atoms with E-state index in [-0.39, 0.29) is 11.3 Å². The number of anilines is 2. The lowest BCUT2D eigenvalue weighted by Crippen LogP contribution is -2.43. The summed E-state index contributed by atoms with van der Waals surface area (Å²) in [6.07, 6.45) is -9.25. The van der Waals surface area contributed by atoms with Gasteiger partial charge in [0, 0.05) is 11.7 Å². The molecule has 176 valence electrons. The van der Waals surface area contributed by atoms with Crippen molar-refractivity contribution in [3.8, 4) is 0 Å². The van der Waals surface area contributed by atoms with Crippen LogP contribution in [0.25, 0.3) is 0 Å². The number of benzene rings is 2. The van der Waals surface area contributed by atoms with Crippen LogP contribution < -0.4 is 16.7 Å². The van der Waals surface area contributed by atoms with E-state index in [4.69, 9.17) is 0 Å². The van der Waals surface area contributed by atoms with Gasteiger partial charge in [0.1, 0.15) is 0 Å². The average molecular weight is 472 g/mol. The molecule has 6 nitrogen and oxygen atoms in total. The molecule has 0 unspecified atom stereocenters. The summed E-state index contributed by atoms with van der Waals surface area (Å²) in [6, 6.07) is 7.58. The van der Waals surface area contributed by atoms with Crippen LogP contribution in [-0.2, 0) is 18.9 Å². The summed E-state index contributed by atoms with van der Waals surface area (Å²) >= 11 is 0. The largest absolute Gasteiger partial charge is 0.416 e. The van der Waals surface area contributed by atoms with Crippen LogP contribution in [0, 0.1) is 0 Å². The quantitative estimate of drug-likeness (QED) is 0.541. The average Bonchev–Trinajstić information content (AvgIpc) is 2.69. The first-order valence-corrected chi connectivity index (χ1v) is 9.61. The van der Waals surface area contributed by atoms with Crippen LogP contribution in [0.3, 0.4) is 0 Å². The predicted molar refractivity (Wildman–Crippen MR) is 108 cm³/mol. The molecule has 1 N–H and O–H groups in total. The van der Waals surface area contributed by atoms with Crippen LogP contribution in [0.2, 0.25) is 0 Å². The van der Waals surface area contributed by atoms with E-state index in [1.54, 1.807) is 13.8 Å². The molecule has 0 aliphatic carbocycles. The van der Waals surface area contributed by atoms with Crippen molar-refractivity contribution in [2.24, 2.45) is 0 Å². The third kappa shape index (κ3) is 5.44. The monoisotopic (exact) mass is 472 g/mol. The Morgan fingerprint density at radius 2 is 1.48 bits per heavy atom. The van der Waals surface area contributed by atoms with E-state index < -0.39 is 53.4 Å². The molecule has 0 radical (unpaired) electrons. The number of alkyl halides is 6. The molecule has 1 aromatic heterocycles. The molecule has 1 heterocycles. The summed E-state index contributed by atoms with van der Waals surface area (Å²) in [7, 11) is 0. The predicted octanol–water partition coefficient (Wildman–Crippen LogP) is 4.82. The van der Waals surface area contributed by atoms with Gasteiger partial charge < -0.3 is 5.32 Å². The number of hydrogen-bond donors (Lipinski definition) is 1. The molecule has 0 saturated carbocycles. The van der Waals surface area contributed by atoms with Crippen molar-refractivity contribution >= 4 is 11.6 Å². The zero-order valence-electron chi connectivity index (χ0n) is 17.3. The highest BCUT2D eigenvalue weighted by Gasteiger charge is 2.31. The standard InChI is InChI=1S/C21H18F6N4O2/c1-12(2)31-18(32)29-17(28-16-8-4-7-15(10-16)21(25,26)27)30(19(31)33)11-13-5-3-6-14(9-13)20(22,23)24/h3-10,12H,11H2,1-2H3,(H,28,29,32). The fourth-order valence-electron chi connectivity index (χ4n) is 3.12. The minimum atomic E-state index is -4.64. The number of nitrogens with zero attached hydrogens (tertiary/aromatic N) is 3. The summed E-state index contributed by atoms with van der Waals surface area (Å²) in [4.78, 5) is 29.1. The van der Waals surface area contributed by atoms with Gasteiger partial charge in [0.15, 0.2) is 0 Å². The van der Waals surface area contributed by atoms with Crippen molar-refractivity contribution in [1.82, 2.24) is 14.1 Å². The Bertz CT molecular complexity index is 1280. The highest BCUT2D eigenvalue weighted by molar-refractivity contribution is 5.55. The summed E-state index contributed by atoms with van der Waals surface area (Å²) < 4.78 is 80.0. The Hall–Kier alpha value is -3.57. The fraction of sp³-hybridized carbons (Fsp3) is 0.286. The molecule has 0 spiro atoms. The van der Waals surface area contributed by atoms with Crippen molar-refractivity contribution in [2.75, 3.05) is 5.32 Å². The van der Waals surface area contributed by atoms with Crippen molar-refractivity contribution < 1.29 is 26.3 Å². The molecule has 0 bridgehead atoms. The van der Waals surface area contributed by atoms with Gasteiger partial charge in [-0.2, -0.15) is 31.3 Å². The van der Waals surface area contributed by atoms with Gasteiger partial charge in [0.05, 0.1) is 17.7 Å². The zero-order chi connectivity index (χ0) is 24.6. The van der Waals surface area contributed by atoms with E-state index in [1.165, 1.54) is 12.1 Å². The number of halogens is 6. The Morgan fingerprint density at radius 3 is 2.06 bits per heavy atom. The van der Waals surface area contributed by atoms with Gasteiger partial charge in [-0.3, -0.25) is 4.57 Å². The van der Waals surface area contributed by atoms with Crippen LogP contribution in [0.15, 0.2) is 58.1 Å². The third-order valence-electron chi connectivity index (χ3n) is 4.66.